The molecule has 2 N–H and O–H groups in total. The van der Waals surface area contributed by atoms with E-state index < -0.39 is 0 Å². The number of hydrogen-bond acceptors (Lipinski definition) is 5. The van der Waals surface area contributed by atoms with Crippen molar-refractivity contribution in [2.24, 2.45) is 5.84 Å². The number of rotatable bonds is 4. The fourth-order valence-corrected chi connectivity index (χ4v) is 1.16. The summed E-state index contributed by atoms with van der Waals surface area (Å²) in [5, 5.41) is 0. The SMILES string of the molecule is CC.CC(=O)c1ccc(OSN(C)N)cc1.S. The van der Waals surface area contributed by atoms with Gasteiger partial charge in [0.05, 0.1) is 0 Å². The first-order chi connectivity index (χ1) is 7.59. The van der Waals surface area contributed by atoms with Crippen LogP contribution in [0, 0.1) is 0 Å². The Balaban J connectivity index is 0. The summed E-state index contributed by atoms with van der Waals surface area (Å²) in [6, 6.07) is 6.89. The molecule has 0 atom stereocenters. The van der Waals surface area contributed by atoms with Gasteiger partial charge in [-0.25, -0.2) is 0 Å². The molecule has 0 aliphatic heterocycles. The van der Waals surface area contributed by atoms with Crippen LogP contribution in [0.5, 0.6) is 5.75 Å². The largest absolute Gasteiger partial charge is 0.409 e. The number of hydrazine groups is 1. The molecule has 1 rings (SSSR count). The highest BCUT2D eigenvalue weighted by Gasteiger charge is 2.00. The van der Waals surface area contributed by atoms with Crippen LogP contribution in [0.4, 0.5) is 0 Å². The number of ketones is 1. The van der Waals surface area contributed by atoms with Crippen LogP contribution >= 0.6 is 25.7 Å². The molecule has 0 spiro atoms. The molecular weight excluding hydrogens is 256 g/mol. The van der Waals surface area contributed by atoms with Crippen LogP contribution in [0.25, 0.3) is 0 Å². The van der Waals surface area contributed by atoms with Crippen molar-refractivity contribution in [1.82, 2.24) is 4.41 Å². The van der Waals surface area contributed by atoms with Crippen LogP contribution in [0.1, 0.15) is 31.1 Å². The zero-order valence-corrected chi connectivity index (χ0v) is 12.4. The van der Waals surface area contributed by atoms with Gasteiger partial charge in [-0.2, -0.15) is 17.9 Å². The van der Waals surface area contributed by atoms with Gasteiger partial charge in [0.25, 0.3) is 0 Å². The zero-order valence-electron chi connectivity index (χ0n) is 10.6. The predicted octanol–water partition coefficient (Wildman–Crippen LogP) is 2.78. The quantitative estimate of drug-likeness (QED) is 0.301. The molecule has 1 aromatic carbocycles. The Morgan fingerprint density at radius 2 is 1.76 bits per heavy atom. The Hall–Kier alpha value is -0.690. The lowest BCUT2D eigenvalue weighted by Crippen LogP contribution is -2.18. The molecule has 0 aromatic heterocycles. The summed E-state index contributed by atoms with van der Waals surface area (Å²) >= 11 is 1.02. The molecule has 1 aromatic rings. The average molecular weight is 276 g/mol. The highest BCUT2D eigenvalue weighted by atomic mass is 32.2. The van der Waals surface area contributed by atoms with Crippen molar-refractivity contribution in [1.29, 1.82) is 0 Å². The van der Waals surface area contributed by atoms with Gasteiger partial charge in [0.1, 0.15) is 5.75 Å². The summed E-state index contributed by atoms with van der Waals surface area (Å²) in [5.41, 5.74) is 0.670. The molecule has 0 aliphatic carbocycles. The fourth-order valence-electron chi connectivity index (χ4n) is 0.847. The van der Waals surface area contributed by atoms with E-state index >= 15 is 0 Å². The number of nitrogens with zero attached hydrogens (tertiary/aromatic N) is 1. The second-order valence-electron chi connectivity index (χ2n) is 2.78. The lowest BCUT2D eigenvalue weighted by Gasteiger charge is -2.08. The summed E-state index contributed by atoms with van der Waals surface area (Å²) in [7, 11) is 1.68. The summed E-state index contributed by atoms with van der Waals surface area (Å²) in [6.07, 6.45) is 0. The molecule has 0 saturated heterocycles. The number of carbonyl (C=O) groups is 1. The van der Waals surface area contributed by atoms with Gasteiger partial charge >= 0.3 is 0 Å². The molecule has 17 heavy (non-hydrogen) atoms. The molecule has 4 nitrogen and oxygen atoms in total. The number of hydrogen-bond donors (Lipinski definition) is 1. The minimum Gasteiger partial charge on any atom is -0.409 e. The van der Waals surface area contributed by atoms with Crippen LogP contribution < -0.4 is 10.0 Å². The Kier molecular flexibility index (Phi) is 11.5. The highest BCUT2D eigenvalue weighted by molar-refractivity contribution is 7.92. The molecule has 0 aliphatic rings. The Morgan fingerprint density at radius 3 is 2.12 bits per heavy atom. The van der Waals surface area contributed by atoms with E-state index in [0.29, 0.717) is 11.3 Å². The first-order valence-electron chi connectivity index (χ1n) is 5.03. The van der Waals surface area contributed by atoms with Gasteiger partial charge in [0, 0.05) is 12.6 Å². The Bertz CT molecular complexity index is 316. The maximum Gasteiger partial charge on any atom is 0.161 e. The first-order valence-corrected chi connectivity index (χ1v) is 5.73. The molecule has 6 heteroatoms. The lowest BCUT2D eigenvalue weighted by atomic mass is 10.1. The smallest absolute Gasteiger partial charge is 0.161 e. The third-order valence-electron chi connectivity index (χ3n) is 1.51. The van der Waals surface area contributed by atoms with Crippen molar-refractivity contribution < 1.29 is 8.98 Å². The maximum atomic E-state index is 10.9. The van der Waals surface area contributed by atoms with Crippen molar-refractivity contribution >= 4 is 31.5 Å². The lowest BCUT2D eigenvalue weighted by molar-refractivity contribution is 0.101. The summed E-state index contributed by atoms with van der Waals surface area (Å²) in [6.45, 7) is 5.53. The zero-order chi connectivity index (χ0) is 12.6. The molecule has 0 radical (unpaired) electrons. The van der Waals surface area contributed by atoms with E-state index in [1.807, 2.05) is 13.8 Å². The summed E-state index contributed by atoms with van der Waals surface area (Å²) in [5.74, 6) is 6.04. The van der Waals surface area contributed by atoms with Gasteiger partial charge in [-0.1, -0.05) is 13.8 Å². The molecular formula is C11H20N2O2S2. The van der Waals surface area contributed by atoms with Gasteiger partial charge in [0.2, 0.25) is 0 Å². The Morgan fingerprint density at radius 1 is 1.29 bits per heavy atom. The molecule has 0 unspecified atom stereocenters. The van der Waals surface area contributed by atoms with E-state index in [0.717, 1.165) is 12.2 Å². The third kappa shape index (κ3) is 8.09. The first kappa shape index (κ1) is 18.7. The van der Waals surface area contributed by atoms with E-state index in [9.17, 15) is 4.79 Å². The molecule has 0 bridgehead atoms. The van der Waals surface area contributed by atoms with E-state index in [1.165, 1.54) is 11.3 Å². The molecule has 0 fully saturated rings. The number of benzene rings is 1. The molecule has 98 valence electrons. The van der Waals surface area contributed by atoms with Crippen LogP contribution in [0.15, 0.2) is 24.3 Å². The summed E-state index contributed by atoms with van der Waals surface area (Å²) < 4.78 is 6.55. The topological polar surface area (TPSA) is 55.6 Å². The molecule has 0 heterocycles. The number of Topliss-reactive ketones (excluding diaryl/α,β-unsaturated/α-hetero) is 1. The van der Waals surface area contributed by atoms with Gasteiger partial charge in [-0.3, -0.25) is 10.6 Å². The van der Waals surface area contributed by atoms with Crippen molar-refractivity contribution in [2.45, 2.75) is 20.8 Å². The predicted molar refractivity (Wildman–Crippen MR) is 78.3 cm³/mol. The number of nitrogens with two attached hydrogens (primary N) is 1. The minimum absolute atomic E-state index is 0. The highest BCUT2D eigenvalue weighted by Crippen LogP contribution is 2.17. The minimum atomic E-state index is 0. The van der Waals surface area contributed by atoms with Gasteiger partial charge in [-0.15, -0.1) is 0 Å². The maximum absolute atomic E-state index is 10.9. The van der Waals surface area contributed by atoms with E-state index in [4.69, 9.17) is 10.0 Å². The second kappa shape index (κ2) is 10.5. The van der Waals surface area contributed by atoms with Gasteiger partial charge in [-0.05, 0) is 31.2 Å². The standard InChI is InChI=1S/C9H12N2O2S.C2H6.H2S/c1-7(12)8-3-5-9(6-4-8)13-14-11(2)10;1-2;/h3-6H,10H2,1-2H3;1-2H3;1H2. The second-order valence-corrected chi connectivity index (χ2v) is 3.68. The van der Waals surface area contributed by atoms with E-state index in [2.05, 4.69) is 0 Å². The van der Waals surface area contributed by atoms with Crippen LogP contribution in [-0.2, 0) is 0 Å². The van der Waals surface area contributed by atoms with E-state index in [-0.39, 0.29) is 19.3 Å². The van der Waals surface area contributed by atoms with Crippen molar-refractivity contribution in [3.8, 4) is 5.75 Å². The van der Waals surface area contributed by atoms with Crippen molar-refractivity contribution in [2.75, 3.05) is 7.05 Å². The molecule has 0 amide bonds. The normalized spacial score (nSPS) is 8.82. The summed E-state index contributed by atoms with van der Waals surface area (Å²) in [4.78, 5) is 10.9. The van der Waals surface area contributed by atoms with Gasteiger partial charge < -0.3 is 4.18 Å². The number of carbonyl (C=O) groups excluding carboxylic acids is 1. The van der Waals surface area contributed by atoms with Crippen molar-refractivity contribution in [3.63, 3.8) is 0 Å². The fraction of sp³-hybridized carbons (Fsp3) is 0.364. The monoisotopic (exact) mass is 276 g/mol. The van der Waals surface area contributed by atoms with E-state index in [1.54, 1.807) is 31.3 Å². The molecule has 0 saturated carbocycles. The van der Waals surface area contributed by atoms with Crippen LogP contribution in [0.2, 0.25) is 0 Å². The third-order valence-corrected chi connectivity index (χ3v) is 2.01. The van der Waals surface area contributed by atoms with Crippen molar-refractivity contribution in [3.05, 3.63) is 29.8 Å². The average Bonchev–Trinajstić information content (AvgIpc) is 2.29. The van der Waals surface area contributed by atoms with Gasteiger partial charge in [0.15, 0.2) is 18.0 Å². The van der Waals surface area contributed by atoms with Crippen LogP contribution in [0.3, 0.4) is 0 Å². The van der Waals surface area contributed by atoms with Crippen LogP contribution in [-0.4, -0.2) is 17.2 Å². The Labute approximate surface area is 114 Å².